The van der Waals surface area contributed by atoms with Crippen molar-refractivity contribution < 1.29 is 9.59 Å². The van der Waals surface area contributed by atoms with E-state index in [0.29, 0.717) is 19.6 Å². The van der Waals surface area contributed by atoms with E-state index in [4.69, 9.17) is 5.73 Å². The minimum atomic E-state index is -0.635. The van der Waals surface area contributed by atoms with Crippen molar-refractivity contribution in [1.82, 2.24) is 14.7 Å². The maximum absolute atomic E-state index is 12.8. The molecule has 2 aliphatic heterocycles. The van der Waals surface area contributed by atoms with Crippen LogP contribution in [0, 0.1) is 0 Å². The lowest BCUT2D eigenvalue weighted by Gasteiger charge is -2.41. The van der Waals surface area contributed by atoms with E-state index >= 15 is 0 Å². The number of nitrogens with zero attached hydrogens (tertiary/aromatic N) is 3. The van der Waals surface area contributed by atoms with Crippen LogP contribution in [0.2, 0.25) is 0 Å². The molecule has 1 saturated carbocycles. The van der Waals surface area contributed by atoms with E-state index in [1.54, 1.807) is 0 Å². The molecule has 0 unspecified atom stereocenters. The van der Waals surface area contributed by atoms with Gasteiger partial charge in [0.15, 0.2) is 0 Å². The molecule has 3 rings (SSSR count). The minimum Gasteiger partial charge on any atom is -0.342 e. The predicted molar refractivity (Wildman–Crippen MR) is 108 cm³/mol. The van der Waals surface area contributed by atoms with E-state index < -0.39 is 5.54 Å². The first-order valence-electron chi connectivity index (χ1n) is 9.67. The third-order valence-electron chi connectivity index (χ3n) is 5.90. The summed E-state index contributed by atoms with van der Waals surface area (Å²) in [4.78, 5) is 31.2. The summed E-state index contributed by atoms with van der Waals surface area (Å²) in [5.41, 5.74) is 5.75. The van der Waals surface area contributed by atoms with Gasteiger partial charge in [0.05, 0.1) is 12.1 Å². The molecular formula is C18H34Cl2N4O2. The average molecular weight is 409 g/mol. The van der Waals surface area contributed by atoms with Gasteiger partial charge in [0.25, 0.3) is 0 Å². The maximum atomic E-state index is 12.8. The van der Waals surface area contributed by atoms with Crippen molar-refractivity contribution in [3.63, 3.8) is 0 Å². The lowest BCUT2D eigenvalue weighted by Crippen LogP contribution is -2.60. The van der Waals surface area contributed by atoms with Crippen LogP contribution in [0.1, 0.15) is 51.4 Å². The molecule has 2 heterocycles. The third kappa shape index (κ3) is 5.72. The van der Waals surface area contributed by atoms with Crippen LogP contribution in [0.5, 0.6) is 0 Å². The number of piperazine rings is 1. The Morgan fingerprint density at radius 3 is 1.85 bits per heavy atom. The van der Waals surface area contributed by atoms with Gasteiger partial charge < -0.3 is 15.5 Å². The number of nitrogens with two attached hydrogens (primary N) is 1. The van der Waals surface area contributed by atoms with E-state index in [1.807, 2.05) is 9.80 Å². The lowest BCUT2D eigenvalue weighted by atomic mass is 9.81. The molecule has 3 aliphatic rings. The van der Waals surface area contributed by atoms with Gasteiger partial charge in [-0.05, 0) is 32.1 Å². The molecule has 6 nitrogen and oxygen atoms in total. The van der Waals surface area contributed by atoms with E-state index in [9.17, 15) is 9.59 Å². The summed E-state index contributed by atoms with van der Waals surface area (Å²) in [5, 5.41) is 0. The highest BCUT2D eigenvalue weighted by molar-refractivity contribution is 5.86. The fourth-order valence-electron chi connectivity index (χ4n) is 4.26. The summed E-state index contributed by atoms with van der Waals surface area (Å²) in [6.07, 6.45) is 8.46. The summed E-state index contributed by atoms with van der Waals surface area (Å²) in [7, 11) is 0. The van der Waals surface area contributed by atoms with Crippen molar-refractivity contribution in [1.29, 1.82) is 0 Å². The molecule has 0 atom stereocenters. The third-order valence-corrected chi connectivity index (χ3v) is 5.90. The van der Waals surface area contributed by atoms with Gasteiger partial charge in [0.1, 0.15) is 0 Å². The molecule has 152 valence electrons. The van der Waals surface area contributed by atoms with Crippen molar-refractivity contribution in [3.8, 4) is 0 Å². The number of halogens is 2. The zero-order valence-electron chi connectivity index (χ0n) is 15.7. The first-order valence-corrected chi connectivity index (χ1v) is 9.67. The number of carbonyl (C=O) groups is 2. The summed E-state index contributed by atoms with van der Waals surface area (Å²) >= 11 is 0. The SMILES string of the molecule is Cl.Cl.NC1(C(=O)N2CCN(CC(=O)N3CCCCC3)CC2)CCCCC1. The lowest BCUT2D eigenvalue weighted by molar-refractivity contribution is -0.140. The standard InChI is InChI=1S/C18H32N4O2.2ClH/c19-18(7-3-1-4-8-18)17(24)22-13-11-20(12-14-22)15-16(23)21-9-5-2-6-10-21;;/h1-15,19H2;2*1H. The van der Waals surface area contributed by atoms with Crippen LogP contribution in [0.15, 0.2) is 0 Å². The summed E-state index contributed by atoms with van der Waals surface area (Å²) in [6.45, 7) is 5.27. The van der Waals surface area contributed by atoms with Crippen molar-refractivity contribution in [2.75, 3.05) is 45.8 Å². The number of carbonyl (C=O) groups excluding carboxylic acids is 2. The Balaban J connectivity index is 0.00000169. The summed E-state index contributed by atoms with van der Waals surface area (Å²) < 4.78 is 0. The summed E-state index contributed by atoms with van der Waals surface area (Å²) in [5.74, 6) is 0.376. The molecular weight excluding hydrogens is 375 g/mol. The quantitative estimate of drug-likeness (QED) is 0.770. The Bertz CT molecular complexity index is 458. The van der Waals surface area contributed by atoms with Crippen LogP contribution in [-0.2, 0) is 9.59 Å². The second-order valence-corrected chi connectivity index (χ2v) is 7.73. The van der Waals surface area contributed by atoms with Crippen molar-refractivity contribution in [3.05, 3.63) is 0 Å². The van der Waals surface area contributed by atoms with Crippen molar-refractivity contribution >= 4 is 36.6 Å². The Morgan fingerprint density at radius 2 is 1.27 bits per heavy atom. The molecule has 0 spiro atoms. The molecule has 2 amide bonds. The van der Waals surface area contributed by atoms with Crippen LogP contribution in [-0.4, -0.2) is 77.9 Å². The predicted octanol–water partition coefficient (Wildman–Crippen LogP) is 1.65. The number of amides is 2. The van der Waals surface area contributed by atoms with Gasteiger partial charge in [0.2, 0.25) is 11.8 Å². The van der Waals surface area contributed by atoms with Crippen molar-refractivity contribution in [2.24, 2.45) is 5.73 Å². The molecule has 0 radical (unpaired) electrons. The highest BCUT2D eigenvalue weighted by atomic mass is 35.5. The number of hydrogen-bond donors (Lipinski definition) is 1. The van der Waals surface area contributed by atoms with Gasteiger partial charge >= 0.3 is 0 Å². The first-order chi connectivity index (χ1) is 11.6. The van der Waals surface area contributed by atoms with Crippen LogP contribution in [0.3, 0.4) is 0 Å². The van der Waals surface area contributed by atoms with Crippen LogP contribution >= 0.6 is 24.8 Å². The van der Waals surface area contributed by atoms with Gasteiger partial charge in [0, 0.05) is 39.3 Å². The Labute approximate surface area is 169 Å². The fraction of sp³-hybridized carbons (Fsp3) is 0.889. The molecule has 2 saturated heterocycles. The molecule has 0 aromatic heterocycles. The zero-order valence-corrected chi connectivity index (χ0v) is 17.3. The first kappa shape index (κ1) is 23.5. The Morgan fingerprint density at radius 1 is 0.731 bits per heavy atom. The normalized spacial score (nSPS) is 23.6. The molecule has 26 heavy (non-hydrogen) atoms. The topological polar surface area (TPSA) is 69.9 Å². The molecule has 3 fully saturated rings. The van der Waals surface area contributed by atoms with Crippen LogP contribution < -0.4 is 5.73 Å². The number of rotatable bonds is 3. The van der Waals surface area contributed by atoms with E-state index in [-0.39, 0.29) is 36.6 Å². The summed E-state index contributed by atoms with van der Waals surface area (Å²) in [6, 6.07) is 0. The average Bonchev–Trinajstić information content (AvgIpc) is 2.63. The van der Waals surface area contributed by atoms with Crippen molar-refractivity contribution in [2.45, 2.75) is 56.9 Å². The molecule has 1 aliphatic carbocycles. The molecule has 0 bridgehead atoms. The van der Waals surface area contributed by atoms with Gasteiger partial charge in [-0.25, -0.2) is 0 Å². The number of hydrogen-bond acceptors (Lipinski definition) is 4. The van der Waals surface area contributed by atoms with Gasteiger partial charge in [-0.15, -0.1) is 24.8 Å². The van der Waals surface area contributed by atoms with E-state index in [2.05, 4.69) is 4.90 Å². The molecule has 0 aromatic carbocycles. The highest BCUT2D eigenvalue weighted by Crippen LogP contribution is 2.28. The van der Waals surface area contributed by atoms with Gasteiger partial charge in [-0.3, -0.25) is 14.5 Å². The number of likely N-dealkylation sites (tertiary alicyclic amines) is 1. The molecule has 2 N–H and O–H groups in total. The zero-order chi connectivity index (χ0) is 17.0. The fourth-order valence-corrected chi connectivity index (χ4v) is 4.26. The number of piperidine rings is 1. The monoisotopic (exact) mass is 408 g/mol. The largest absolute Gasteiger partial charge is 0.342 e. The Hall–Kier alpha value is -0.560. The van der Waals surface area contributed by atoms with Gasteiger partial charge in [-0.1, -0.05) is 19.3 Å². The Kier molecular flexibility index (Phi) is 9.65. The molecule has 0 aromatic rings. The van der Waals surface area contributed by atoms with E-state index in [0.717, 1.165) is 64.7 Å². The van der Waals surface area contributed by atoms with Crippen LogP contribution in [0.4, 0.5) is 0 Å². The van der Waals surface area contributed by atoms with E-state index in [1.165, 1.54) is 12.8 Å². The second-order valence-electron chi connectivity index (χ2n) is 7.73. The minimum absolute atomic E-state index is 0. The highest BCUT2D eigenvalue weighted by Gasteiger charge is 2.39. The molecule has 8 heteroatoms. The van der Waals surface area contributed by atoms with Gasteiger partial charge in [-0.2, -0.15) is 0 Å². The maximum Gasteiger partial charge on any atom is 0.242 e. The smallest absolute Gasteiger partial charge is 0.242 e. The van der Waals surface area contributed by atoms with Crippen LogP contribution in [0.25, 0.3) is 0 Å². The second kappa shape index (κ2) is 10.7.